The lowest BCUT2D eigenvalue weighted by molar-refractivity contribution is -0.402. The lowest BCUT2D eigenvalue weighted by Crippen LogP contribution is -2.22. The van der Waals surface area contributed by atoms with Crippen molar-refractivity contribution in [2.24, 2.45) is 0 Å². The summed E-state index contributed by atoms with van der Waals surface area (Å²) in [5.74, 6) is -0.314. The number of rotatable bonds is 6. The van der Waals surface area contributed by atoms with E-state index in [2.05, 4.69) is 4.98 Å². The van der Waals surface area contributed by atoms with Crippen LogP contribution in [0.1, 0.15) is 28.9 Å². The van der Waals surface area contributed by atoms with Crippen LogP contribution in [0.15, 0.2) is 69.9 Å². The molecule has 0 aliphatic rings. The van der Waals surface area contributed by atoms with Crippen molar-refractivity contribution < 1.29 is 18.9 Å². The van der Waals surface area contributed by atoms with Crippen LogP contribution in [0, 0.1) is 10.1 Å². The van der Waals surface area contributed by atoms with Crippen molar-refractivity contribution >= 4 is 34.9 Å². The topological polar surface area (TPSA) is 117 Å². The Morgan fingerprint density at radius 2 is 1.88 bits per heavy atom. The Morgan fingerprint density at radius 1 is 1.12 bits per heavy atom. The van der Waals surface area contributed by atoms with Gasteiger partial charge < -0.3 is 9.15 Å². The van der Waals surface area contributed by atoms with E-state index in [1.807, 2.05) is 0 Å². The van der Waals surface area contributed by atoms with Crippen LogP contribution in [0.3, 0.4) is 0 Å². The van der Waals surface area contributed by atoms with Crippen LogP contribution in [0.5, 0.6) is 0 Å². The number of para-hydroxylation sites is 1. The molecule has 2 aromatic carbocycles. The quantitative estimate of drug-likeness (QED) is 0.255. The summed E-state index contributed by atoms with van der Waals surface area (Å²) in [4.78, 5) is 40.0. The first kappa shape index (κ1) is 20.7. The van der Waals surface area contributed by atoms with Gasteiger partial charge in [-0.2, -0.15) is 0 Å². The minimum absolute atomic E-state index is 0.239. The molecule has 4 aromatic rings. The van der Waals surface area contributed by atoms with Gasteiger partial charge in [-0.1, -0.05) is 12.1 Å². The highest BCUT2D eigenvalue weighted by Crippen LogP contribution is 2.19. The van der Waals surface area contributed by atoms with Gasteiger partial charge in [-0.15, -0.1) is 0 Å². The first-order valence-electron chi connectivity index (χ1n) is 9.69. The molecule has 0 bridgehead atoms. The average Bonchev–Trinajstić information content (AvgIpc) is 3.28. The maximum absolute atomic E-state index is 13.3. The van der Waals surface area contributed by atoms with E-state index in [0.717, 1.165) is 0 Å². The van der Waals surface area contributed by atoms with Crippen LogP contribution in [0.4, 0.5) is 5.88 Å². The number of furan rings is 1. The molecule has 0 atom stereocenters. The van der Waals surface area contributed by atoms with Gasteiger partial charge in [-0.3, -0.25) is 19.5 Å². The fourth-order valence-electron chi connectivity index (χ4n) is 3.16. The molecule has 0 N–H and O–H groups in total. The molecule has 0 unspecified atom stereocenters. The predicted molar refractivity (Wildman–Crippen MR) is 118 cm³/mol. The zero-order valence-corrected chi connectivity index (χ0v) is 16.9. The summed E-state index contributed by atoms with van der Waals surface area (Å²) in [5.41, 5.74) is 1.05. The van der Waals surface area contributed by atoms with E-state index >= 15 is 0 Å². The first-order chi connectivity index (χ1) is 15.5. The molecule has 0 radical (unpaired) electrons. The van der Waals surface area contributed by atoms with E-state index in [4.69, 9.17) is 9.15 Å². The summed E-state index contributed by atoms with van der Waals surface area (Å²) in [6.45, 7) is 1.98. The number of benzene rings is 2. The van der Waals surface area contributed by atoms with Crippen LogP contribution >= 0.6 is 0 Å². The summed E-state index contributed by atoms with van der Waals surface area (Å²) in [5, 5.41) is 11.3. The van der Waals surface area contributed by atoms with Gasteiger partial charge in [-0.25, -0.2) is 9.78 Å². The maximum atomic E-state index is 13.3. The molecule has 0 saturated heterocycles. The number of fused-ring (bicyclic) bond motifs is 1. The average molecular weight is 431 g/mol. The number of hydrogen-bond acceptors (Lipinski definition) is 7. The molecule has 2 aromatic heterocycles. The Kier molecular flexibility index (Phi) is 5.63. The molecule has 9 heteroatoms. The first-order valence-corrected chi connectivity index (χ1v) is 9.69. The van der Waals surface area contributed by atoms with E-state index in [0.29, 0.717) is 22.2 Å². The maximum Gasteiger partial charge on any atom is 0.433 e. The van der Waals surface area contributed by atoms with Gasteiger partial charge >= 0.3 is 11.9 Å². The molecule has 4 rings (SSSR count). The molecule has 0 amide bonds. The van der Waals surface area contributed by atoms with Crippen molar-refractivity contribution in [1.29, 1.82) is 0 Å². The standard InChI is InChI=1S/C23H17N3O6/c1-2-31-23(28)15-7-9-16(10-8-15)25-20(13-11-17-12-14-21(32-17)26(29)30)24-19-6-4-3-5-18(19)22(25)27/h3-14H,2H2,1H3/b13-11+. The van der Waals surface area contributed by atoms with Crippen LogP contribution < -0.4 is 5.56 Å². The van der Waals surface area contributed by atoms with Gasteiger partial charge in [0.15, 0.2) is 0 Å². The molecular formula is C23H17N3O6. The molecule has 0 spiro atoms. The summed E-state index contributed by atoms with van der Waals surface area (Å²) in [7, 11) is 0. The molecule has 160 valence electrons. The van der Waals surface area contributed by atoms with Crippen LogP contribution in [-0.2, 0) is 4.74 Å². The van der Waals surface area contributed by atoms with Gasteiger partial charge in [0.1, 0.15) is 16.5 Å². The van der Waals surface area contributed by atoms with E-state index < -0.39 is 10.9 Å². The largest absolute Gasteiger partial charge is 0.462 e. The van der Waals surface area contributed by atoms with Gasteiger partial charge in [0.25, 0.3) is 5.56 Å². The van der Waals surface area contributed by atoms with Crippen molar-refractivity contribution in [2.75, 3.05) is 6.61 Å². The van der Waals surface area contributed by atoms with Crippen molar-refractivity contribution in [3.8, 4) is 5.69 Å². The molecule has 0 aliphatic carbocycles. The Bertz CT molecular complexity index is 1400. The monoisotopic (exact) mass is 431 g/mol. The van der Waals surface area contributed by atoms with E-state index in [1.165, 1.54) is 28.9 Å². The number of hydrogen-bond donors (Lipinski definition) is 0. The molecule has 2 heterocycles. The van der Waals surface area contributed by atoms with Crippen LogP contribution in [0.25, 0.3) is 28.7 Å². The Morgan fingerprint density at radius 3 is 2.56 bits per heavy atom. The van der Waals surface area contributed by atoms with E-state index in [-0.39, 0.29) is 29.6 Å². The molecule has 32 heavy (non-hydrogen) atoms. The highest BCUT2D eigenvalue weighted by molar-refractivity contribution is 5.89. The molecular weight excluding hydrogens is 414 g/mol. The molecule has 9 nitrogen and oxygen atoms in total. The summed E-state index contributed by atoms with van der Waals surface area (Å²) < 4.78 is 11.5. The normalized spacial score (nSPS) is 11.2. The van der Waals surface area contributed by atoms with Gasteiger partial charge in [0.2, 0.25) is 0 Å². The fourth-order valence-corrected chi connectivity index (χ4v) is 3.16. The Hall–Kier alpha value is -4.53. The smallest absolute Gasteiger partial charge is 0.433 e. The minimum atomic E-state index is -0.632. The highest BCUT2D eigenvalue weighted by atomic mass is 16.6. The Labute approximate surface area is 181 Å². The number of esters is 1. The summed E-state index contributed by atoms with van der Waals surface area (Å²) >= 11 is 0. The van der Waals surface area contributed by atoms with Gasteiger partial charge in [-0.05, 0) is 61.5 Å². The van der Waals surface area contributed by atoms with Gasteiger partial charge in [0, 0.05) is 0 Å². The number of nitrogens with zero attached hydrogens (tertiary/aromatic N) is 3. The molecule has 0 saturated carbocycles. The van der Waals surface area contributed by atoms with Crippen molar-refractivity contribution in [3.63, 3.8) is 0 Å². The van der Waals surface area contributed by atoms with Crippen molar-refractivity contribution in [3.05, 3.63) is 98.3 Å². The number of carbonyl (C=O) groups is 1. The molecule has 0 aliphatic heterocycles. The minimum Gasteiger partial charge on any atom is -0.462 e. The zero-order chi connectivity index (χ0) is 22.7. The van der Waals surface area contributed by atoms with Crippen molar-refractivity contribution in [1.82, 2.24) is 9.55 Å². The third kappa shape index (κ3) is 4.04. The second-order valence-corrected chi connectivity index (χ2v) is 6.66. The van der Waals surface area contributed by atoms with Crippen molar-refractivity contribution in [2.45, 2.75) is 6.92 Å². The summed E-state index contributed by atoms with van der Waals surface area (Å²) in [6.07, 6.45) is 3.03. The number of nitro groups is 1. The third-order valence-electron chi connectivity index (χ3n) is 4.63. The lowest BCUT2D eigenvalue weighted by atomic mass is 10.2. The number of carbonyl (C=O) groups excluding carboxylic acids is 1. The lowest BCUT2D eigenvalue weighted by Gasteiger charge is -2.12. The van der Waals surface area contributed by atoms with Crippen LogP contribution in [0.2, 0.25) is 0 Å². The Balaban J connectivity index is 1.82. The van der Waals surface area contributed by atoms with Crippen LogP contribution in [-0.4, -0.2) is 27.1 Å². The second-order valence-electron chi connectivity index (χ2n) is 6.66. The second kappa shape index (κ2) is 8.68. The fraction of sp³-hybridized carbons (Fsp3) is 0.0870. The van der Waals surface area contributed by atoms with E-state index in [1.54, 1.807) is 55.5 Å². The third-order valence-corrected chi connectivity index (χ3v) is 4.63. The zero-order valence-electron chi connectivity index (χ0n) is 16.9. The molecule has 0 fully saturated rings. The SMILES string of the molecule is CCOC(=O)c1ccc(-n2c(/C=C/c3ccc([N+](=O)[O-])o3)nc3ccccc3c2=O)cc1. The highest BCUT2D eigenvalue weighted by Gasteiger charge is 2.14. The number of ether oxygens (including phenoxy) is 1. The predicted octanol–water partition coefficient (Wildman–Crippen LogP) is 4.23. The van der Waals surface area contributed by atoms with E-state index in [9.17, 15) is 19.7 Å². The number of aromatic nitrogens is 2. The summed E-state index contributed by atoms with van der Waals surface area (Å²) in [6, 6.07) is 16.0. The van der Waals surface area contributed by atoms with Gasteiger partial charge in [0.05, 0.1) is 34.8 Å².